The van der Waals surface area contributed by atoms with Gasteiger partial charge in [0.25, 0.3) is 0 Å². The Hall–Kier alpha value is -1.24. The van der Waals surface area contributed by atoms with Gasteiger partial charge >= 0.3 is 5.97 Å². The lowest BCUT2D eigenvalue weighted by Gasteiger charge is -2.31. The molecule has 0 amide bonds. The van der Waals surface area contributed by atoms with Gasteiger partial charge in [0.1, 0.15) is 5.01 Å². The van der Waals surface area contributed by atoms with Crippen molar-refractivity contribution in [3.05, 3.63) is 29.2 Å². The number of ether oxygens (including phenoxy) is 1. The van der Waals surface area contributed by atoms with E-state index in [9.17, 15) is 4.79 Å². The maximum atomic E-state index is 12.8. The van der Waals surface area contributed by atoms with Gasteiger partial charge < -0.3 is 4.74 Å². The Kier molecular flexibility index (Phi) is 5.69. The van der Waals surface area contributed by atoms with Gasteiger partial charge in [-0.1, -0.05) is 6.08 Å². The third-order valence-electron chi connectivity index (χ3n) is 5.25. The molecule has 3 rings (SSSR count). The van der Waals surface area contributed by atoms with Gasteiger partial charge in [0, 0.05) is 43.7 Å². The lowest BCUT2D eigenvalue weighted by atomic mass is 9.75. The molecular weight excluding hydrogens is 322 g/mol. The van der Waals surface area contributed by atoms with Crippen LogP contribution < -0.4 is 0 Å². The van der Waals surface area contributed by atoms with Gasteiger partial charge in [0.2, 0.25) is 0 Å². The summed E-state index contributed by atoms with van der Waals surface area (Å²) in [6.07, 6.45) is 5.74. The molecule has 5 nitrogen and oxygen atoms in total. The van der Waals surface area contributed by atoms with Crippen LogP contribution in [-0.4, -0.2) is 60.1 Å². The van der Waals surface area contributed by atoms with Crippen LogP contribution in [0.15, 0.2) is 24.2 Å². The minimum absolute atomic E-state index is 0.00217. The Bertz CT molecular complexity index is 563. The molecule has 1 aromatic rings. The van der Waals surface area contributed by atoms with E-state index in [0.29, 0.717) is 12.5 Å². The highest BCUT2D eigenvalue weighted by Gasteiger charge is 2.53. The highest BCUT2D eigenvalue weighted by atomic mass is 32.1. The Morgan fingerprint density at radius 3 is 3.08 bits per heavy atom. The third-order valence-corrected chi connectivity index (χ3v) is 6.02. The number of aromatic nitrogens is 1. The summed E-state index contributed by atoms with van der Waals surface area (Å²) in [5, 5.41) is 3.18. The first-order valence-electron chi connectivity index (χ1n) is 8.79. The van der Waals surface area contributed by atoms with E-state index in [-0.39, 0.29) is 11.4 Å². The monoisotopic (exact) mass is 349 g/mol. The Morgan fingerprint density at radius 2 is 2.38 bits per heavy atom. The lowest BCUT2D eigenvalue weighted by Crippen LogP contribution is -2.42. The Morgan fingerprint density at radius 1 is 1.54 bits per heavy atom. The molecule has 1 aromatic heterocycles. The van der Waals surface area contributed by atoms with Gasteiger partial charge in [-0.2, -0.15) is 0 Å². The van der Waals surface area contributed by atoms with Crippen LogP contribution >= 0.6 is 11.3 Å². The van der Waals surface area contributed by atoms with Gasteiger partial charge in [0.05, 0.1) is 18.6 Å². The quantitative estimate of drug-likeness (QED) is 0.583. The summed E-state index contributed by atoms with van der Waals surface area (Å²) in [6.45, 7) is 11.6. The van der Waals surface area contributed by atoms with E-state index in [0.717, 1.165) is 57.1 Å². The second kappa shape index (κ2) is 7.76. The molecule has 2 atom stereocenters. The molecule has 0 bridgehead atoms. The molecule has 0 aliphatic carbocycles. The highest BCUT2D eigenvalue weighted by molar-refractivity contribution is 7.09. The number of thiazole rings is 1. The number of rotatable bonds is 6. The summed E-state index contributed by atoms with van der Waals surface area (Å²) in [7, 11) is 0. The number of carbonyl (C=O) groups is 1. The smallest absolute Gasteiger partial charge is 0.313 e. The number of carbonyl (C=O) groups excluding carboxylic acids is 1. The molecular formula is C18H27N3O2S. The number of nitrogens with zero attached hydrogens (tertiary/aromatic N) is 3. The van der Waals surface area contributed by atoms with Crippen molar-refractivity contribution >= 4 is 17.3 Å². The first kappa shape index (κ1) is 17.6. The van der Waals surface area contributed by atoms with Crippen LogP contribution in [0.1, 0.15) is 24.8 Å². The van der Waals surface area contributed by atoms with E-state index in [2.05, 4.69) is 21.4 Å². The van der Waals surface area contributed by atoms with Crippen molar-refractivity contribution in [2.75, 3.05) is 39.3 Å². The van der Waals surface area contributed by atoms with Crippen molar-refractivity contribution < 1.29 is 9.53 Å². The van der Waals surface area contributed by atoms with Crippen LogP contribution in [0.3, 0.4) is 0 Å². The van der Waals surface area contributed by atoms with E-state index in [1.807, 2.05) is 24.6 Å². The molecule has 2 aliphatic heterocycles. The van der Waals surface area contributed by atoms with Gasteiger partial charge in [-0.3, -0.25) is 14.6 Å². The van der Waals surface area contributed by atoms with Crippen molar-refractivity contribution in [2.45, 2.75) is 26.3 Å². The Balaban J connectivity index is 1.77. The standard InChI is InChI=1S/C18H27N3O2S/c1-3-8-21-12-15-11-20(13-16-19-7-10-24-16)9-5-6-18(15,14-21)17(22)23-4-2/h3,7,10,15H,1,4-6,8-9,11-14H2,2H3/t15-,18-/m1/s1. The van der Waals surface area contributed by atoms with E-state index in [4.69, 9.17) is 4.74 Å². The zero-order valence-corrected chi connectivity index (χ0v) is 15.3. The molecule has 6 heteroatoms. The minimum atomic E-state index is -0.351. The summed E-state index contributed by atoms with van der Waals surface area (Å²) in [6, 6.07) is 0. The molecule has 2 saturated heterocycles. The van der Waals surface area contributed by atoms with Crippen LogP contribution in [0.2, 0.25) is 0 Å². The van der Waals surface area contributed by atoms with E-state index >= 15 is 0 Å². The average molecular weight is 350 g/mol. The predicted molar refractivity (Wildman–Crippen MR) is 95.8 cm³/mol. The molecule has 0 spiro atoms. The van der Waals surface area contributed by atoms with Gasteiger partial charge in [-0.25, -0.2) is 4.98 Å². The molecule has 0 saturated carbocycles. The molecule has 0 aromatic carbocycles. The maximum Gasteiger partial charge on any atom is 0.313 e. The minimum Gasteiger partial charge on any atom is -0.466 e. The summed E-state index contributed by atoms with van der Waals surface area (Å²) in [5.41, 5.74) is -0.351. The average Bonchev–Trinajstić information content (AvgIpc) is 3.13. The SMILES string of the molecule is C=CCN1C[C@H]2CN(Cc3nccs3)CCC[C@@]2(C(=O)OCC)C1. The summed E-state index contributed by atoms with van der Waals surface area (Å²) in [5.74, 6) is 0.316. The first-order valence-corrected chi connectivity index (χ1v) is 9.67. The van der Waals surface area contributed by atoms with Crippen LogP contribution in [0.4, 0.5) is 0 Å². The van der Waals surface area contributed by atoms with Crippen LogP contribution in [0, 0.1) is 11.3 Å². The zero-order chi connectivity index (χ0) is 17.0. The molecule has 24 heavy (non-hydrogen) atoms. The molecule has 132 valence electrons. The lowest BCUT2D eigenvalue weighted by molar-refractivity contribution is -0.157. The summed E-state index contributed by atoms with van der Waals surface area (Å²) < 4.78 is 5.49. The number of esters is 1. The normalized spacial score (nSPS) is 28.3. The van der Waals surface area contributed by atoms with Gasteiger partial charge in [-0.05, 0) is 26.3 Å². The molecule has 0 radical (unpaired) electrons. The second-order valence-corrected chi connectivity index (χ2v) is 7.80. The number of likely N-dealkylation sites (tertiary alicyclic amines) is 2. The second-order valence-electron chi connectivity index (χ2n) is 6.82. The fraction of sp³-hybridized carbons (Fsp3) is 0.667. The van der Waals surface area contributed by atoms with E-state index in [1.165, 1.54) is 0 Å². The number of hydrogen-bond acceptors (Lipinski definition) is 6. The van der Waals surface area contributed by atoms with Crippen molar-refractivity contribution in [2.24, 2.45) is 11.3 Å². The molecule has 0 unspecified atom stereocenters. The van der Waals surface area contributed by atoms with Crippen LogP contribution in [0.25, 0.3) is 0 Å². The predicted octanol–water partition coefficient (Wildman–Crippen LogP) is 2.41. The van der Waals surface area contributed by atoms with Crippen LogP contribution in [-0.2, 0) is 16.1 Å². The van der Waals surface area contributed by atoms with Gasteiger partial charge in [-0.15, -0.1) is 17.9 Å². The fourth-order valence-electron chi connectivity index (χ4n) is 4.21. The van der Waals surface area contributed by atoms with Crippen molar-refractivity contribution in [3.8, 4) is 0 Å². The van der Waals surface area contributed by atoms with E-state index in [1.54, 1.807) is 11.3 Å². The van der Waals surface area contributed by atoms with Gasteiger partial charge in [0.15, 0.2) is 0 Å². The highest BCUT2D eigenvalue weighted by Crippen LogP contribution is 2.43. The number of hydrogen-bond donors (Lipinski definition) is 0. The third kappa shape index (κ3) is 3.55. The molecule has 0 N–H and O–H groups in total. The first-order chi connectivity index (χ1) is 11.7. The topological polar surface area (TPSA) is 45.7 Å². The summed E-state index contributed by atoms with van der Waals surface area (Å²) >= 11 is 1.70. The molecule has 2 aliphatic rings. The molecule has 3 heterocycles. The van der Waals surface area contributed by atoms with Crippen molar-refractivity contribution in [3.63, 3.8) is 0 Å². The largest absolute Gasteiger partial charge is 0.466 e. The number of fused-ring (bicyclic) bond motifs is 1. The zero-order valence-electron chi connectivity index (χ0n) is 14.4. The van der Waals surface area contributed by atoms with Crippen molar-refractivity contribution in [1.29, 1.82) is 0 Å². The maximum absolute atomic E-state index is 12.8. The molecule has 2 fully saturated rings. The Labute approximate surface area is 148 Å². The van der Waals surface area contributed by atoms with Crippen molar-refractivity contribution in [1.82, 2.24) is 14.8 Å². The van der Waals surface area contributed by atoms with E-state index < -0.39 is 0 Å². The summed E-state index contributed by atoms with van der Waals surface area (Å²) in [4.78, 5) is 22.0. The fourth-order valence-corrected chi connectivity index (χ4v) is 4.87. The van der Waals surface area contributed by atoms with Crippen LogP contribution in [0.5, 0.6) is 0 Å².